The number of esters is 1. The molecule has 0 radical (unpaired) electrons. The van der Waals surface area contributed by atoms with E-state index in [1.54, 1.807) is 36.4 Å². The lowest BCUT2D eigenvalue weighted by Gasteiger charge is -2.05. The van der Waals surface area contributed by atoms with Gasteiger partial charge in [0.1, 0.15) is 10.6 Å². The fraction of sp³-hybridized carbons (Fsp3) is 0.0769. The molecule has 7 nitrogen and oxygen atoms in total. The molecular weight excluding hydrogens is 486 g/mol. The van der Waals surface area contributed by atoms with Crippen molar-refractivity contribution in [3.05, 3.63) is 93.8 Å². The first-order chi connectivity index (χ1) is 16.9. The number of hydrogen-bond acceptors (Lipinski definition) is 6. The number of nitrogens with one attached hydrogen (secondary N) is 2. The highest BCUT2D eigenvalue weighted by Gasteiger charge is 2.19. The number of rotatable bonds is 6. The summed E-state index contributed by atoms with van der Waals surface area (Å²) >= 11 is 7.61. The molecular formula is C26H20ClN3O4S. The lowest BCUT2D eigenvalue weighted by molar-refractivity contribution is -0.136. The molecule has 176 valence electrons. The van der Waals surface area contributed by atoms with Crippen LogP contribution < -0.4 is 15.5 Å². The number of ether oxygens (including phenoxy) is 1. The molecule has 2 amide bonds. The van der Waals surface area contributed by atoms with Crippen molar-refractivity contribution in [2.24, 2.45) is 5.10 Å². The number of fused-ring (bicyclic) bond motifs is 1. The zero-order valence-electron chi connectivity index (χ0n) is 18.6. The summed E-state index contributed by atoms with van der Waals surface area (Å²) in [5.41, 5.74) is 4.36. The van der Waals surface area contributed by atoms with Crippen LogP contribution in [-0.4, -0.2) is 24.0 Å². The van der Waals surface area contributed by atoms with Crippen LogP contribution in [0.1, 0.15) is 27.7 Å². The van der Waals surface area contributed by atoms with Gasteiger partial charge < -0.3 is 10.1 Å². The molecule has 0 atom stereocenters. The van der Waals surface area contributed by atoms with Gasteiger partial charge in [-0.25, -0.2) is 10.2 Å². The summed E-state index contributed by atoms with van der Waals surface area (Å²) in [6.07, 6.45) is 2.22. The second-order valence-electron chi connectivity index (χ2n) is 7.41. The van der Waals surface area contributed by atoms with Crippen molar-refractivity contribution in [2.45, 2.75) is 13.3 Å². The van der Waals surface area contributed by atoms with Gasteiger partial charge in [0.05, 0.1) is 11.2 Å². The number of nitrogens with zero attached hydrogens (tertiary/aromatic N) is 1. The zero-order valence-corrected chi connectivity index (χ0v) is 20.2. The van der Waals surface area contributed by atoms with E-state index in [2.05, 4.69) is 15.8 Å². The molecule has 4 aromatic rings. The maximum atomic E-state index is 12.6. The summed E-state index contributed by atoms with van der Waals surface area (Å²) in [5.74, 6) is -2.04. The molecule has 0 aliphatic heterocycles. The largest absolute Gasteiger partial charge is 0.422 e. The molecule has 0 saturated heterocycles. The third kappa shape index (κ3) is 5.92. The Bertz CT molecular complexity index is 1430. The van der Waals surface area contributed by atoms with Crippen LogP contribution in [0.3, 0.4) is 0 Å². The minimum Gasteiger partial charge on any atom is -0.422 e. The van der Waals surface area contributed by atoms with E-state index in [1.807, 2.05) is 43.3 Å². The van der Waals surface area contributed by atoms with E-state index in [4.69, 9.17) is 16.3 Å². The number of benzene rings is 3. The van der Waals surface area contributed by atoms with Crippen LogP contribution in [0, 0.1) is 0 Å². The fourth-order valence-corrected chi connectivity index (χ4v) is 4.57. The number of aryl methyl sites for hydroxylation is 1. The van der Waals surface area contributed by atoms with Crippen LogP contribution in [0.4, 0.5) is 5.69 Å². The average molecular weight is 506 g/mol. The van der Waals surface area contributed by atoms with Crippen molar-refractivity contribution < 1.29 is 19.1 Å². The molecule has 4 rings (SSSR count). The predicted molar refractivity (Wildman–Crippen MR) is 138 cm³/mol. The molecule has 2 N–H and O–H groups in total. The van der Waals surface area contributed by atoms with Crippen LogP contribution in [0.15, 0.2) is 77.9 Å². The second-order valence-corrected chi connectivity index (χ2v) is 8.84. The van der Waals surface area contributed by atoms with E-state index in [0.717, 1.165) is 22.1 Å². The molecule has 3 aromatic carbocycles. The number of amides is 2. The van der Waals surface area contributed by atoms with Crippen LogP contribution in [0.2, 0.25) is 5.02 Å². The number of halogens is 1. The van der Waals surface area contributed by atoms with Gasteiger partial charge >= 0.3 is 17.8 Å². The van der Waals surface area contributed by atoms with Crippen molar-refractivity contribution in [2.75, 3.05) is 5.32 Å². The van der Waals surface area contributed by atoms with Crippen molar-refractivity contribution in [3.63, 3.8) is 0 Å². The molecule has 9 heteroatoms. The zero-order chi connectivity index (χ0) is 24.8. The topological polar surface area (TPSA) is 96.9 Å². The Hall–Kier alpha value is -4.01. The van der Waals surface area contributed by atoms with Crippen LogP contribution >= 0.6 is 22.9 Å². The highest BCUT2D eigenvalue weighted by Crippen LogP contribution is 2.35. The number of thiophene rings is 1. The summed E-state index contributed by atoms with van der Waals surface area (Å²) in [5, 5.41) is 7.47. The predicted octanol–water partition coefficient (Wildman–Crippen LogP) is 5.43. The van der Waals surface area contributed by atoms with Crippen LogP contribution in [0.5, 0.6) is 5.75 Å². The normalized spacial score (nSPS) is 10.9. The molecule has 0 aliphatic rings. The standard InChI is InChI=1S/C26H20ClN3O4S/c1-2-16-10-12-18(13-11-16)29-24(31)25(32)30-28-15-17-6-5-7-19(14-17)34-26(33)23-22(27)20-8-3-4-9-21(20)35-23/h3-15H,2H2,1H3,(H,29,31)(H,30,32)/b28-15+. The summed E-state index contributed by atoms with van der Waals surface area (Å²) in [4.78, 5) is 37.0. The molecule has 0 bridgehead atoms. The number of carbonyl (C=O) groups excluding carboxylic acids is 3. The van der Waals surface area contributed by atoms with Crippen molar-refractivity contribution in [3.8, 4) is 5.75 Å². The Kier molecular flexibility index (Phi) is 7.54. The van der Waals surface area contributed by atoms with Gasteiger partial charge in [0.25, 0.3) is 0 Å². The van der Waals surface area contributed by atoms with Crippen LogP contribution in [0.25, 0.3) is 10.1 Å². The Morgan fingerprint density at radius 3 is 2.51 bits per heavy atom. The molecule has 1 heterocycles. The van der Waals surface area contributed by atoms with E-state index < -0.39 is 17.8 Å². The number of hydrazone groups is 1. The number of anilines is 1. The van der Waals surface area contributed by atoms with Gasteiger partial charge in [0.15, 0.2) is 0 Å². The Morgan fingerprint density at radius 2 is 1.77 bits per heavy atom. The van der Waals surface area contributed by atoms with Gasteiger partial charge in [0, 0.05) is 15.8 Å². The van der Waals surface area contributed by atoms with E-state index in [-0.39, 0.29) is 5.75 Å². The second kappa shape index (κ2) is 10.9. The minimum absolute atomic E-state index is 0.284. The van der Waals surface area contributed by atoms with E-state index in [9.17, 15) is 14.4 Å². The monoisotopic (exact) mass is 505 g/mol. The lowest BCUT2D eigenvalue weighted by atomic mass is 10.1. The quantitative estimate of drug-likeness (QED) is 0.120. The van der Waals surface area contributed by atoms with Gasteiger partial charge in [-0.3, -0.25) is 9.59 Å². The molecule has 0 aliphatic carbocycles. The van der Waals surface area contributed by atoms with Gasteiger partial charge in [-0.15, -0.1) is 11.3 Å². The van der Waals surface area contributed by atoms with Gasteiger partial charge in [-0.05, 0) is 47.9 Å². The summed E-state index contributed by atoms with van der Waals surface area (Å²) < 4.78 is 6.37. The van der Waals surface area contributed by atoms with E-state index in [1.165, 1.54) is 17.6 Å². The van der Waals surface area contributed by atoms with Crippen molar-refractivity contribution in [1.82, 2.24) is 5.43 Å². The number of carbonyl (C=O) groups is 3. The maximum absolute atomic E-state index is 12.6. The highest BCUT2D eigenvalue weighted by atomic mass is 35.5. The summed E-state index contributed by atoms with van der Waals surface area (Å²) in [6, 6.07) is 21.2. The van der Waals surface area contributed by atoms with E-state index >= 15 is 0 Å². The van der Waals surface area contributed by atoms with Crippen molar-refractivity contribution >= 4 is 62.7 Å². The fourth-order valence-electron chi connectivity index (χ4n) is 3.18. The minimum atomic E-state index is -0.914. The van der Waals surface area contributed by atoms with Crippen LogP contribution in [-0.2, 0) is 16.0 Å². The van der Waals surface area contributed by atoms with Crippen molar-refractivity contribution in [1.29, 1.82) is 0 Å². The summed E-state index contributed by atoms with van der Waals surface area (Å²) in [6.45, 7) is 2.03. The first kappa shape index (κ1) is 24.1. The third-order valence-corrected chi connectivity index (χ3v) is 6.65. The average Bonchev–Trinajstić information content (AvgIpc) is 3.21. The smallest absolute Gasteiger partial charge is 0.355 e. The SMILES string of the molecule is CCc1ccc(NC(=O)C(=O)N/N=C/c2cccc(OC(=O)c3sc4ccccc4c3Cl)c2)cc1. The molecule has 1 aromatic heterocycles. The van der Waals surface area contributed by atoms with Gasteiger partial charge in [0.2, 0.25) is 0 Å². The Balaban J connectivity index is 1.35. The Labute approximate surface area is 210 Å². The molecule has 35 heavy (non-hydrogen) atoms. The number of hydrogen-bond donors (Lipinski definition) is 2. The molecule has 0 spiro atoms. The Morgan fingerprint density at radius 1 is 1.00 bits per heavy atom. The van der Waals surface area contributed by atoms with Gasteiger partial charge in [-0.1, -0.05) is 61.0 Å². The lowest BCUT2D eigenvalue weighted by Crippen LogP contribution is -2.32. The molecule has 0 fully saturated rings. The first-order valence-electron chi connectivity index (χ1n) is 10.7. The van der Waals surface area contributed by atoms with Gasteiger partial charge in [-0.2, -0.15) is 5.10 Å². The molecule has 0 unspecified atom stereocenters. The highest BCUT2D eigenvalue weighted by molar-refractivity contribution is 7.21. The summed E-state index contributed by atoms with van der Waals surface area (Å²) in [7, 11) is 0. The third-order valence-electron chi connectivity index (χ3n) is 4.99. The maximum Gasteiger partial charge on any atom is 0.355 e. The molecule has 0 saturated carbocycles. The first-order valence-corrected chi connectivity index (χ1v) is 11.9. The van der Waals surface area contributed by atoms with E-state index in [0.29, 0.717) is 21.2 Å².